The van der Waals surface area contributed by atoms with Gasteiger partial charge in [-0.05, 0) is 17.3 Å². The second-order valence-corrected chi connectivity index (χ2v) is 15.4. The molecule has 0 unspecified atom stereocenters. The molecule has 2 aromatic heterocycles. The summed E-state index contributed by atoms with van der Waals surface area (Å²) in [6.07, 6.45) is -1.18. The van der Waals surface area contributed by atoms with Crippen molar-refractivity contribution >= 4 is 80.9 Å². The number of β-lactam (4-membered cyclic amide) rings is 1. The summed E-state index contributed by atoms with van der Waals surface area (Å²) in [6.45, 7) is 2.47. The Kier molecular flexibility index (Phi) is 11.4. The topological polar surface area (TPSA) is 309 Å². The number of anilines is 1. The third-order valence-electron chi connectivity index (χ3n) is 9.09. The first-order valence-corrected chi connectivity index (χ1v) is 18.6. The number of hydrogen-bond acceptors (Lipinski definition) is 16. The molecule has 0 saturated carbocycles. The fourth-order valence-electron chi connectivity index (χ4n) is 6.49. The number of thiazole rings is 1. The number of phenols is 2. The maximum Gasteiger partial charge on any atom is 0.348 e. The number of aliphatic carboxylic acids is 2. The number of halogens is 2. The van der Waals surface area contributed by atoms with Gasteiger partial charge in [-0.15, -0.1) is 22.0 Å². The van der Waals surface area contributed by atoms with Crippen molar-refractivity contribution in [3.63, 3.8) is 0 Å². The number of carbonyl (C=O) groups excluding carboxylic acids is 3. The summed E-state index contributed by atoms with van der Waals surface area (Å²) in [5, 5.41) is 60.1. The van der Waals surface area contributed by atoms with Gasteiger partial charge in [0, 0.05) is 24.2 Å². The van der Waals surface area contributed by atoms with Crippen LogP contribution < -0.4 is 16.4 Å². The van der Waals surface area contributed by atoms with Gasteiger partial charge in [0.05, 0.1) is 43.9 Å². The largest absolute Gasteiger partial charge is 0.504 e. The van der Waals surface area contributed by atoms with Crippen LogP contribution >= 0.6 is 34.7 Å². The molecule has 0 aliphatic carbocycles. The molecular weight excluding hydrogens is 793 g/mol. The average molecular weight is 825 g/mol. The molecular formula is C30H32ClFN11O10S2+. The van der Waals surface area contributed by atoms with Gasteiger partial charge < -0.3 is 46.1 Å². The summed E-state index contributed by atoms with van der Waals surface area (Å²) in [5.41, 5.74) is 5.57. The van der Waals surface area contributed by atoms with Crippen molar-refractivity contribution in [2.75, 3.05) is 44.2 Å². The van der Waals surface area contributed by atoms with Crippen LogP contribution in [-0.4, -0.2) is 147 Å². The number of aromatic nitrogens is 5. The Labute approximate surface area is 321 Å². The molecule has 6 rings (SSSR count). The Morgan fingerprint density at radius 2 is 1.96 bits per heavy atom. The van der Waals surface area contributed by atoms with Crippen LogP contribution in [0, 0.1) is 5.82 Å². The molecule has 292 valence electrons. The first kappa shape index (κ1) is 39.1. The molecule has 3 atom stereocenters. The van der Waals surface area contributed by atoms with Gasteiger partial charge >= 0.3 is 11.9 Å². The molecule has 3 aromatic rings. The first-order valence-electron chi connectivity index (χ1n) is 16.4. The molecule has 55 heavy (non-hydrogen) atoms. The fourth-order valence-corrected chi connectivity index (χ4v) is 8.76. The number of tetrazole rings is 1. The number of nitrogen functional groups attached to an aromatic ring is 1. The highest BCUT2D eigenvalue weighted by Gasteiger charge is 2.55. The number of quaternary nitrogens is 1. The lowest BCUT2D eigenvalue weighted by Gasteiger charge is -2.50. The number of fused-ring (bicyclic) bond motifs is 1. The molecule has 3 amide bonds. The molecule has 0 radical (unpaired) electrons. The normalized spacial score (nSPS) is 19.7. The van der Waals surface area contributed by atoms with E-state index in [1.807, 2.05) is 0 Å². The molecule has 1 aromatic carbocycles. The van der Waals surface area contributed by atoms with E-state index >= 15 is 0 Å². The number of nitrogens with zero attached hydrogens (tertiary/aromatic N) is 7. The Morgan fingerprint density at radius 3 is 2.60 bits per heavy atom. The van der Waals surface area contributed by atoms with Crippen LogP contribution in [0.15, 0.2) is 22.9 Å². The number of H-pyrrole nitrogens is 1. The lowest BCUT2D eigenvalue weighted by atomic mass is 10.0. The number of benzene rings is 1. The van der Waals surface area contributed by atoms with E-state index in [0.717, 1.165) is 55.0 Å². The van der Waals surface area contributed by atoms with E-state index in [1.54, 1.807) is 0 Å². The Bertz CT molecular complexity index is 2090. The molecule has 2 fully saturated rings. The molecule has 2 saturated heterocycles. The summed E-state index contributed by atoms with van der Waals surface area (Å²) in [4.78, 5) is 73.3. The molecule has 25 heteroatoms. The molecule has 9 N–H and O–H groups in total. The first-order chi connectivity index (χ1) is 26.2. The number of rotatable bonds is 15. The maximum absolute atomic E-state index is 14.4. The minimum absolute atomic E-state index is 0.0654. The highest BCUT2D eigenvalue weighted by atomic mass is 35.5. The van der Waals surface area contributed by atoms with Gasteiger partial charge in [0.25, 0.3) is 17.7 Å². The standard InChI is InChI=1S/C30H31ClFN11O10S2/c31-23-18(36-30(33)55-23)19(39-53-15(29(51)52)9-16(45)46)26(49)35-20-27(50)42-21(24-37-40-41-38-24)12(11-54-28(20)42)10-43(6-1-2-7-43)8-5-34-25(48)13-3-4-14(44)22(47)17(13)32/h3-4,15,20,28H,1-2,5-11H2,(H8-,33,34,35,36,37,38,39,40,41,44,45,46,47,48,49,51,52)/p+1/t15-,20+,28+/m0/s1. The molecule has 3 aliphatic rings. The number of oxime groups is 1. The Hall–Kier alpha value is -5.59. The van der Waals surface area contributed by atoms with E-state index < -0.39 is 82.2 Å². The van der Waals surface area contributed by atoms with Gasteiger partial charge in [-0.1, -0.05) is 28.1 Å². The van der Waals surface area contributed by atoms with Crippen molar-refractivity contribution in [2.45, 2.75) is 36.8 Å². The van der Waals surface area contributed by atoms with E-state index in [0.29, 0.717) is 29.0 Å². The number of aromatic amines is 1. The van der Waals surface area contributed by atoms with Crippen LogP contribution in [0.25, 0.3) is 5.70 Å². The Morgan fingerprint density at radius 1 is 1.22 bits per heavy atom. The van der Waals surface area contributed by atoms with Crippen LogP contribution in [0.3, 0.4) is 0 Å². The number of aromatic hydroxyl groups is 2. The van der Waals surface area contributed by atoms with Gasteiger partial charge in [0.15, 0.2) is 28.2 Å². The second-order valence-electron chi connectivity index (χ2n) is 12.6. The van der Waals surface area contributed by atoms with Gasteiger partial charge in [-0.3, -0.25) is 24.1 Å². The molecule has 21 nitrogen and oxygen atoms in total. The van der Waals surface area contributed by atoms with E-state index in [4.69, 9.17) is 27.3 Å². The van der Waals surface area contributed by atoms with Gasteiger partial charge in [0.2, 0.25) is 11.9 Å². The van der Waals surface area contributed by atoms with Crippen LogP contribution in [0.1, 0.15) is 41.1 Å². The maximum atomic E-state index is 14.4. The fraction of sp³-hybridized carbons (Fsp3) is 0.400. The number of amides is 3. The number of carboxylic acids is 2. The van der Waals surface area contributed by atoms with Gasteiger partial charge in [-0.2, -0.15) is 5.21 Å². The third kappa shape index (κ3) is 8.11. The van der Waals surface area contributed by atoms with E-state index in [9.17, 15) is 43.7 Å². The number of carbonyl (C=O) groups is 5. The van der Waals surface area contributed by atoms with Crippen molar-refractivity contribution in [3.05, 3.63) is 44.9 Å². The van der Waals surface area contributed by atoms with Crippen molar-refractivity contribution in [3.8, 4) is 11.5 Å². The predicted octanol–water partition coefficient (Wildman–Crippen LogP) is -0.0575. The summed E-state index contributed by atoms with van der Waals surface area (Å²) in [7, 11) is 0. The monoisotopic (exact) mass is 824 g/mol. The number of nitrogens with two attached hydrogens (primary N) is 1. The Balaban J connectivity index is 1.20. The predicted molar refractivity (Wildman–Crippen MR) is 190 cm³/mol. The van der Waals surface area contributed by atoms with E-state index in [2.05, 4.69) is 41.4 Å². The zero-order valence-electron chi connectivity index (χ0n) is 28.3. The lowest BCUT2D eigenvalue weighted by Crippen LogP contribution is -2.70. The van der Waals surface area contributed by atoms with Crippen molar-refractivity contribution in [1.29, 1.82) is 0 Å². The average Bonchev–Trinajstić information content (AvgIpc) is 3.91. The number of carboxylic acid groups (broad SMARTS) is 2. The van der Waals surface area contributed by atoms with Crippen LogP contribution in [0.2, 0.25) is 4.34 Å². The minimum atomic E-state index is -1.97. The van der Waals surface area contributed by atoms with Gasteiger partial charge in [-0.25, -0.2) is 14.2 Å². The summed E-state index contributed by atoms with van der Waals surface area (Å²) in [6, 6.07) is 0.949. The quantitative estimate of drug-likeness (QED) is 0.0327. The molecule has 3 aliphatic heterocycles. The van der Waals surface area contributed by atoms with Crippen molar-refractivity contribution < 1.29 is 58.1 Å². The van der Waals surface area contributed by atoms with Crippen molar-refractivity contribution in [1.82, 2.24) is 41.1 Å². The SMILES string of the molecule is Nc1nc(/C(=N/O[C@@H](CC(=O)O)C(=O)O)C(=O)N[C@@H]2C(=O)N3C(c4nn[nH]n4)=C(C[N+]4(CCNC(=O)c5ccc(O)c(O)c5F)CCCC4)CS[C@H]23)c(Cl)s1. The lowest BCUT2D eigenvalue weighted by molar-refractivity contribution is -0.911. The third-order valence-corrected chi connectivity index (χ3v) is 11.5. The van der Waals surface area contributed by atoms with Crippen LogP contribution in [0.4, 0.5) is 9.52 Å². The zero-order valence-corrected chi connectivity index (χ0v) is 30.7. The van der Waals surface area contributed by atoms with Crippen LogP contribution in [0.5, 0.6) is 11.5 Å². The smallest absolute Gasteiger partial charge is 0.348 e. The number of thioether (sulfide) groups is 1. The number of hydrogen-bond donors (Lipinski definition) is 8. The molecule has 5 heterocycles. The number of likely N-dealkylation sites (tertiary alicyclic amines) is 1. The number of nitrogens with one attached hydrogen (secondary N) is 3. The molecule has 0 spiro atoms. The highest BCUT2D eigenvalue weighted by molar-refractivity contribution is 8.00. The van der Waals surface area contributed by atoms with Crippen molar-refractivity contribution in [2.24, 2.45) is 5.16 Å². The summed E-state index contributed by atoms with van der Waals surface area (Å²) < 4.78 is 14.8. The minimum Gasteiger partial charge on any atom is -0.504 e. The highest BCUT2D eigenvalue weighted by Crippen LogP contribution is 2.44. The van der Waals surface area contributed by atoms with Crippen LogP contribution in [-0.2, 0) is 24.0 Å². The summed E-state index contributed by atoms with van der Waals surface area (Å²) >= 11 is 8.34. The zero-order chi connectivity index (χ0) is 39.6. The van der Waals surface area contributed by atoms with Gasteiger partial charge in [0.1, 0.15) is 28.0 Å². The number of phenolic OH excluding ortho intramolecular Hbond substituents is 2. The molecule has 0 bridgehead atoms. The van der Waals surface area contributed by atoms with E-state index in [-0.39, 0.29) is 27.5 Å². The summed E-state index contributed by atoms with van der Waals surface area (Å²) in [5.74, 6) is -7.98. The van der Waals surface area contributed by atoms with E-state index in [1.165, 1.54) is 16.7 Å². The second kappa shape index (κ2) is 16.0.